The summed E-state index contributed by atoms with van der Waals surface area (Å²) in [6.07, 6.45) is 0. The predicted octanol–water partition coefficient (Wildman–Crippen LogP) is -1.72. The molecule has 0 amide bonds. The van der Waals surface area contributed by atoms with Gasteiger partial charge in [-0.15, -0.1) is 0 Å². The third-order valence-electron chi connectivity index (χ3n) is 0. The quantitative estimate of drug-likeness (QED) is 0.377. The van der Waals surface area contributed by atoms with E-state index in [0.29, 0.717) is 0 Å². The van der Waals surface area contributed by atoms with Gasteiger partial charge < -0.3 is 0 Å². The molecule has 4 heteroatoms. The van der Waals surface area contributed by atoms with Gasteiger partial charge in [0.05, 0.1) is 0 Å². The molecule has 0 atom stereocenters. The third-order valence-corrected chi connectivity index (χ3v) is 0. The van der Waals surface area contributed by atoms with E-state index in [1.54, 1.807) is 0 Å². The van der Waals surface area contributed by atoms with Gasteiger partial charge in [-0.2, -0.15) is 13.5 Å². The van der Waals surface area contributed by atoms with Crippen LogP contribution in [-0.4, -0.2) is 60.8 Å². The van der Waals surface area contributed by atoms with Crippen molar-refractivity contribution in [3.8, 4) is 0 Å². The van der Waals surface area contributed by atoms with Crippen LogP contribution in [0.2, 0.25) is 0 Å². The van der Waals surface area contributed by atoms with Crippen LogP contribution in [0.4, 0.5) is 0 Å². The van der Waals surface area contributed by atoms with Crippen molar-refractivity contribution < 1.29 is 19.5 Å². The molecule has 0 aromatic rings. The van der Waals surface area contributed by atoms with Crippen LogP contribution in [0, 0.1) is 0 Å². The monoisotopic (exact) mass is 166 g/mol. The summed E-state index contributed by atoms with van der Waals surface area (Å²) in [5.74, 6) is 0. The molecule has 0 aliphatic rings. The van der Waals surface area contributed by atoms with Gasteiger partial charge >= 0.3 is 60.8 Å². The molecule has 0 bridgehead atoms. The van der Waals surface area contributed by atoms with Crippen molar-refractivity contribution in [2.24, 2.45) is 0 Å². The third kappa shape index (κ3) is 8.89. The molecule has 0 aromatic heterocycles. The van der Waals surface area contributed by atoms with E-state index in [9.17, 15) is 0 Å². The number of rotatable bonds is 0. The Balaban J connectivity index is 0. The van der Waals surface area contributed by atoms with Crippen LogP contribution >= 0.6 is 13.5 Å². The Kier molecular flexibility index (Phi) is 117. The summed E-state index contributed by atoms with van der Waals surface area (Å²) in [7, 11) is 0. The summed E-state index contributed by atoms with van der Waals surface area (Å²) < 4.78 is 0. The van der Waals surface area contributed by atoms with E-state index in [2.05, 4.69) is 0 Å². The van der Waals surface area contributed by atoms with Crippen LogP contribution in [-0.2, 0) is 19.5 Å². The second-order valence-corrected chi connectivity index (χ2v) is 0. The standard InChI is InChI=1S/Ca.Mg.H2S.Zn.4H/h;;1H2;;;;;. The van der Waals surface area contributed by atoms with E-state index in [-0.39, 0.29) is 93.8 Å². The maximum atomic E-state index is 0. The van der Waals surface area contributed by atoms with Crippen molar-refractivity contribution in [3.05, 3.63) is 0 Å². The molecule has 0 heterocycles. The minimum absolute atomic E-state index is 0. The molecule has 0 unspecified atom stereocenters. The molecule has 0 nitrogen and oxygen atoms in total. The maximum Gasteiger partial charge on any atom is 0.316 e. The zero-order chi connectivity index (χ0) is 0. The Bertz CT molecular complexity index is 8.00. The average Bonchev–Trinajstić information content (AvgIpc) is 0. The van der Waals surface area contributed by atoms with Crippen molar-refractivity contribution in [3.63, 3.8) is 0 Å². The van der Waals surface area contributed by atoms with E-state index >= 15 is 0 Å². The normalized spacial score (nSPS) is 0. The molecule has 0 aromatic carbocycles. The fraction of sp³-hybridized carbons (Fsp3) is 0. The van der Waals surface area contributed by atoms with E-state index in [1.165, 1.54) is 0 Å². The molecule has 0 N–H and O–H groups in total. The molecular weight excluding hydrogens is 162 g/mol. The Morgan fingerprint density at radius 3 is 1.00 bits per heavy atom. The van der Waals surface area contributed by atoms with Gasteiger partial charge in [0.25, 0.3) is 0 Å². The van der Waals surface area contributed by atoms with Crippen LogP contribution in [0.1, 0.15) is 0 Å². The number of hydrogen-bond donors (Lipinski definition) is 0. The Morgan fingerprint density at radius 2 is 1.00 bits per heavy atom. The van der Waals surface area contributed by atoms with Gasteiger partial charge in [-0.3, -0.25) is 0 Å². The summed E-state index contributed by atoms with van der Waals surface area (Å²) in [6, 6.07) is 0. The Hall–Kier alpha value is 3.00. The van der Waals surface area contributed by atoms with Crippen molar-refractivity contribution in [2.45, 2.75) is 0 Å². The molecule has 0 radical (unpaired) electrons. The van der Waals surface area contributed by atoms with Crippen LogP contribution in [0.25, 0.3) is 0 Å². The first-order chi connectivity index (χ1) is 0. The van der Waals surface area contributed by atoms with E-state index in [1.807, 2.05) is 0 Å². The van der Waals surface area contributed by atoms with E-state index in [4.69, 9.17) is 0 Å². The Labute approximate surface area is 91.8 Å². The number of hydrogen-bond acceptors (Lipinski definition) is 0. The maximum absolute atomic E-state index is 0. The van der Waals surface area contributed by atoms with Gasteiger partial charge in [-0.05, 0) is 0 Å². The Morgan fingerprint density at radius 1 is 1.00 bits per heavy atom. The van der Waals surface area contributed by atoms with Crippen LogP contribution in [0.5, 0.6) is 0 Å². The van der Waals surface area contributed by atoms with Crippen LogP contribution in [0.3, 0.4) is 0 Å². The molecular formula is H6CaMgSZn. The summed E-state index contributed by atoms with van der Waals surface area (Å²) in [4.78, 5) is 0. The van der Waals surface area contributed by atoms with E-state index < -0.39 is 0 Å². The first-order valence-corrected chi connectivity index (χ1v) is 0. The fourth-order valence-corrected chi connectivity index (χ4v) is 0. The van der Waals surface area contributed by atoms with Gasteiger partial charge in [0, 0.05) is 19.5 Å². The zero-order valence-corrected chi connectivity index (χ0v) is 5.17. The van der Waals surface area contributed by atoms with Gasteiger partial charge in [0.15, 0.2) is 0 Å². The molecule has 0 saturated carbocycles. The predicted molar refractivity (Wildman–Crippen MR) is 27.5 cm³/mol. The molecule has 0 spiro atoms. The second-order valence-electron chi connectivity index (χ2n) is 0. The van der Waals surface area contributed by atoms with Crippen molar-refractivity contribution in [1.29, 1.82) is 0 Å². The van der Waals surface area contributed by atoms with Crippen LogP contribution in [0.15, 0.2) is 0 Å². The van der Waals surface area contributed by atoms with E-state index in [0.717, 1.165) is 0 Å². The first kappa shape index (κ1) is 28.0. The molecule has 0 rings (SSSR count). The summed E-state index contributed by atoms with van der Waals surface area (Å²) >= 11 is 0. The van der Waals surface area contributed by atoms with Crippen molar-refractivity contribution >= 4 is 74.3 Å². The topological polar surface area (TPSA) is 0 Å². The first-order valence-electron chi connectivity index (χ1n) is 0. The second kappa shape index (κ2) is 16.7. The molecule has 0 aliphatic heterocycles. The van der Waals surface area contributed by atoms with Gasteiger partial charge in [0.1, 0.15) is 0 Å². The van der Waals surface area contributed by atoms with Gasteiger partial charge in [0.2, 0.25) is 0 Å². The smallest absolute Gasteiger partial charge is 0 e. The SMILES string of the molecule is S.[CaH2].[MgH2].[Zn]. The average molecular weight is 168 g/mol. The van der Waals surface area contributed by atoms with Crippen LogP contribution < -0.4 is 0 Å². The minimum Gasteiger partial charge on any atom is 0 e. The van der Waals surface area contributed by atoms with Crippen molar-refractivity contribution in [1.82, 2.24) is 0 Å². The summed E-state index contributed by atoms with van der Waals surface area (Å²) in [6.45, 7) is 0. The van der Waals surface area contributed by atoms with Crippen molar-refractivity contribution in [2.75, 3.05) is 0 Å². The largest absolute Gasteiger partial charge is 0.316 e. The molecule has 0 fully saturated rings. The fourth-order valence-electron chi connectivity index (χ4n) is 0. The molecule has 0 aliphatic carbocycles. The van der Waals surface area contributed by atoms with Gasteiger partial charge in [-0.1, -0.05) is 0 Å². The van der Waals surface area contributed by atoms with Gasteiger partial charge in [-0.25, -0.2) is 0 Å². The molecule has 18 valence electrons. The molecule has 0 saturated heterocycles. The minimum atomic E-state index is 0. The zero-order valence-electron chi connectivity index (χ0n) is 1.21. The molecule has 4 heavy (non-hydrogen) atoms. The summed E-state index contributed by atoms with van der Waals surface area (Å²) in [5, 5.41) is 0. The summed E-state index contributed by atoms with van der Waals surface area (Å²) in [5.41, 5.74) is 0.